The van der Waals surface area contributed by atoms with E-state index in [1.807, 2.05) is 0 Å². The topological polar surface area (TPSA) is 75.4 Å². The van der Waals surface area contributed by atoms with Crippen molar-refractivity contribution in [3.63, 3.8) is 0 Å². The molecule has 6 nitrogen and oxygen atoms in total. The first kappa shape index (κ1) is 19.5. The van der Waals surface area contributed by atoms with Crippen molar-refractivity contribution in [1.29, 1.82) is 0 Å². The lowest BCUT2D eigenvalue weighted by Crippen LogP contribution is -2.39. The highest BCUT2D eigenvalue weighted by Crippen LogP contribution is 2.27. The smallest absolute Gasteiger partial charge is 0.245 e. The summed E-state index contributed by atoms with van der Waals surface area (Å²) in [7, 11) is 0. The van der Waals surface area contributed by atoms with E-state index >= 15 is 0 Å². The van der Waals surface area contributed by atoms with E-state index < -0.39 is 0 Å². The second-order valence-electron chi connectivity index (χ2n) is 7.00. The first-order valence-electron chi connectivity index (χ1n) is 9.62. The molecule has 1 heterocycles. The molecule has 1 aliphatic rings. The fourth-order valence-corrected chi connectivity index (χ4v) is 2.95. The minimum Gasteiger partial charge on any atom is -0.360 e. The minimum atomic E-state index is -0.215. The number of carbonyl (C=O) groups excluding carboxylic acids is 2. The molecule has 1 saturated carbocycles. The summed E-state index contributed by atoms with van der Waals surface area (Å²) in [5.41, 5.74) is 0. The van der Waals surface area contributed by atoms with Crippen molar-refractivity contribution >= 4 is 17.6 Å². The molecule has 1 aromatic rings. The van der Waals surface area contributed by atoms with E-state index in [9.17, 15) is 9.59 Å². The summed E-state index contributed by atoms with van der Waals surface area (Å²) in [5, 5.41) is 6.44. The maximum absolute atomic E-state index is 12.5. The number of carbonyl (C=O) groups is 2. The molecule has 0 saturated heterocycles. The van der Waals surface area contributed by atoms with Crippen LogP contribution < -0.4 is 5.32 Å². The zero-order chi connectivity index (χ0) is 18.1. The standard InChI is InChI=1S/C19H31N3O3/c1-3-4-5-6-7-8-9-10-19(24)22(16-11-12-16)14-18(23)20-17-13-15(2)25-21-17/h13,16H,3-12,14H2,1-2H3,(H,20,21,23). The third-order valence-electron chi connectivity index (χ3n) is 4.51. The van der Waals surface area contributed by atoms with Crippen molar-refractivity contribution in [2.24, 2.45) is 0 Å². The Kier molecular flexibility index (Phi) is 7.95. The third kappa shape index (κ3) is 7.28. The predicted octanol–water partition coefficient (Wildman–Crippen LogP) is 4.05. The van der Waals surface area contributed by atoms with Gasteiger partial charge in [0.25, 0.3) is 0 Å². The molecule has 0 radical (unpaired) electrons. The Bertz CT molecular complexity index is 552. The normalized spacial score (nSPS) is 13.7. The van der Waals surface area contributed by atoms with Gasteiger partial charge in [-0.3, -0.25) is 9.59 Å². The van der Waals surface area contributed by atoms with E-state index in [1.165, 1.54) is 32.1 Å². The van der Waals surface area contributed by atoms with Gasteiger partial charge in [0.05, 0.1) is 0 Å². The maximum Gasteiger partial charge on any atom is 0.245 e. The van der Waals surface area contributed by atoms with Crippen LogP contribution in [-0.4, -0.2) is 34.5 Å². The third-order valence-corrected chi connectivity index (χ3v) is 4.51. The molecule has 0 aliphatic heterocycles. The Labute approximate surface area is 150 Å². The summed E-state index contributed by atoms with van der Waals surface area (Å²) in [6.07, 6.45) is 10.9. The van der Waals surface area contributed by atoms with Gasteiger partial charge in [-0.25, -0.2) is 0 Å². The van der Waals surface area contributed by atoms with Crippen molar-refractivity contribution in [3.05, 3.63) is 11.8 Å². The summed E-state index contributed by atoms with van der Waals surface area (Å²) in [4.78, 5) is 26.4. The molecule has 0 bridgehead atoms. The highest BCUT2D eigenvalue weighted by Gasteiger charge is 2.33. The van der Waals surface area contributed by atoms with E-state index in [0.717, 1.165) is 25.7 Å². The van der Waals surface area contributed by atoms with Gasteiger partial charge in [-0.05, 0) is 26.2 Å². The van der Waals surface area contributed by atoms with Crippen molar-refractivity contribution in [2.75, 3.05) is 11.9 Å². The molecular formula is C19H31N3O3. The van der Waals surface area contributed by atoms with Crippen LogP contribution in [-0.2, 0) is 9.59 Å². The van der Waals surface area contributed by atoms with Crippen LogP contribution in [0.5, 0.6) is 0 Å². The number of hydrogen-bond acceptors (Lipinski definition) is 4. The van der Waals surface area contributed by atoms with E-state index in [4.69, 9.17) is 4.52 Å². The first-order valence-corrected chi connectivity index (χ1v) is 9.62. The lowest BCUT2D eigenvalue weighted by molar-refractivity contribution is -0.135. The maximum atomic E-state index is 12.5. The van der Waals surface area contributed by atoms with Gasteiger partial charge in [0.1, 0.15) is 12.3 Å². The summed E-state index contributed by atoms with van der Waals surface area (Å²) >= 11 is 0. The highest BCUT2D eigenvalue weighted by molar-refractivity contribution is 5.94. The molecule has 2 rings (SSSR count). The van der Waals surface area contributed by atoms with E-state index in [1.54, 1.807) is 17.9 Å². The Hall–Kier alpha value is -1.85. The monoisotopic (exact) mass is 349 g/mol. The Morgan fingerprint density at radius 3 is 2.48 bits per heavy atom. The van der Waals surface area contributed by atoms with Crippen LogP contribution in [0.15, 0.2) is 10.6 Å². The van der Waals surface area contributed by atoms with Crippen molar-refractivity contribution in [2.45, 2.75) is 84.1 Å². The molecule has 1 fully saturated rings. The number of aromatic nitrogens is 1. The highest BCUT2D eigenvalue weighted by atomic mass is 16.5. The Balaban J connectivity index is 1.68. The summed E-state index contributed by atoms with van der Waals surface area (Å²) in [6, 6.07) is 1.90. The molecule has 0 atom stereocenters. The molecule has 1 N–H and O–H groups in total. The van der Waals surface area contributed by atoms with Gasteiger partial charge >= 0.3 is 0 Å². The number of rotatable bonds is 12. The summed E-state index contributed by atoms with van der Waals surface area (Å²) in [5.74, 6) is 0.929. The first-order chi connectivity index (χ1) is 12.1. The summed E-state index contributed by atoms with van der Waals surface area (Å²) < 4.78 is 4.93. The van der Waals surface area contributed by atoms with E-state index in [0.29, 0.717) is 18.0 Å². The van der Waals surface area contributed by atoms with Crippen molar-refractivity contribution in [1.82, 2.24) is 10.1 Å². The number of hydrogen-bond donors (Lipinski definition) is 1. The average Bonchev–Trinajstić information content (AvgIpc) is 3.34. The van der Waals surface area contributed by atoms with Crippen LogP contribution in [0.25, 0.3) is 0 Å². The minimum absolute atomic E-state index is 0.0996. The lowest BCUT2D eigenvalue weighted by Gasteiger charge is -2.21. The van der Waals surface area contributed by atoms with Crippen LogP contribution in [0.4, 0.5) is 5.82 Å². The molecule has 6 heteroatoms. The molecule has 1 aliphatic carbocycles. The van der Waals surface area contributed by atoms with E-state index in [2.05, 4.69) is 17.4 Å². The molecule has 0 aromatic carbocycles. The molecule has 0 unspecified atom stereocenters. The fourth-order valence-electron chi connectivity index (χ4n) is 2.95. The van der Waals surface area contributed by atoms with Gasteiger partial charge in [-0.1, -0.05) is 50.6 Å². The summed E-state index contributed by atoms with van der Waals surface area (Å²) in [6.45, 7) is 4.09. The van der Waals surface area contributed by atoms with Crippen molar-refractivity contribution < 1.29 is 14.1 Å². The zero-order valence-electron chi connectivity index (χ0n) is 15.6. The molecule has 2 amide bonds. The molecule has 1 aromatic heterocycles. The van der Waals surface area contributed by atoms with Crippen LogP contribution in [0.2, 0.25) is 0 Å². The average molecular weight is 349 g/mol. The quantitative estimate of drug-likeness (QED) is 0.578. The lowest BCUT2D eigenvalue weighted by atomic mass is 10.1. The van der Waals surface area contributed by atoms with Crippen molar-refractivity contribution in [3.8, 4) is 0 Å². The number of unbranched alkanes of at least 4 members (excludes halogenated alkanes) is 6. The largest absolute Gasteiger partial charge is 0.360 e. The molecule has 25 heavy (non-hydrogen) atoms. The number of nitrogens with zero attached hydrogens (tertiary/aromatic N) is 2. The molecular weight excluding hydrogens is 318 g/mol. The van der Waals surface area contributed by atoms with Gasteiger partial charge in [-0.2, -0.15) is 0 Å². The van der Waals surface area contributed by atoms with Crippen LogP contribution >= 0.6 is 0 Å². The fraction of sp³-hybridized carbons (Fsp3) is 0.737. The van der Waals surface area contributed by atoms with Gasteiger partial charge in [-0.15, -0.1) is 0 Å². The SMILES string of the molecule is CCCCCCCCCC(=O)N(CC(=O)Nc1cc(C)on1)C1CC1. The second-order valence-corrected chi connectivity index (χ2v) is 7.00. The number of anilines is 1. The van der Waals surface area contributed by atoms with Crippen LogP contribution in [0.1, 0.15) is 76.9 Å². The number of aryl methyl sites for hydroxylation is 1. The Morgan fingerprint density at radius 1 is 1.20 bits per heavy atom. The van der Waals surface area contributed by atoms with Gasteiger partial charge < -0.3 is 14.7 Å². The van der Waals surface area contributed by atoms with Crippen LogP contribution in [0.3, 0.4) is 0 Å². The molecule has 0 spiro atoms. The van der Waals surface area contributed by atoms with Gasteiger partial charge in [0.15, 0.2) is 5.82 Å². The van der Waals surface area contributed by atoms with Gasteiger partial charge in [0.2, 0.25) is 11.8 Å². The number of nitrogens with one attached hydrogen (secondary N) is 1. The van der Waals surface area contributed by atoms with Gasteiger partial charge in [0, 0.05) is 18.5 Å². The second kappa shape index (κ2) is 10.2. The number of amides is 2. The predicted molar refractivity (Wildman–Crippen MR) is 97.2 cm³/mol. The molecule has 140 valence electrons. The van der Waals surface area contributed by atoms with E-state index in [-0.39, 0.29) is 24.4 Å². The van der Waals surface area contributed by atoms with Crippen LogP contribution in [0, 0.1) is 6.92 Å². The Morgan fingerprint density at radius 2 is 1.88 bits per heavy atom. The zero-order valence-corrected chi connectivity index (χ0v) is 15.6.